The summed E-state index contributed by atoms with van der Waals surface area (Å²) in [6.45, 7) is 5.01. The summed E-state index contributed by atoms with van der Waals surface area (Å²) < 4.78 is 28.8. The molecule has 0 spiro atoms. The van der Waals surface area contributed by atoms with Crippen molar-refractivity contribution in [3.8, 4) is 0 Å². The molecule has 0 heterocycles. The van der Waals surface area contributed by atoms with Crippen molar-refractivity contribution in [1.29, 1.82) is 0 Å². The standard InChI is InChI=1S/C14H21NO5S/c1-14(2,3)20-13(17)15-10-11-5-4-6-12(9-11)21(18,19)8-7-16/h4-6,9,16H,7-8,10H2,1-3H3,(H,15,17). The van der Waals surface area contributed by atoms with E-state index >= 15 is 0 Å². The Morgan fingerprint density at radius 1 is 1.33 bits per heavy atom. The first kappa shape index (κ1) is 17.5. The zero-order chi connectivity index (χ0) is 16.1. The highest BCUT2D eigenvalue weighted by Crippen LogP contribution is 2.13. The molecular formula is C14H21NO5S. The number of hydrogen-bond acceptors (Lipinski definition) is 5. The van der Waals surface area contributed by atoms with Gasteiger partial charge in [-0.1, -0.05) is 12.1 Å². The van der Waals surface area contributed by atoms with Gasteiger partial charge in [-0.2, -0.15) is 0 Å². The molecule has 7 heteroatoms. The van der Waals surface area contributed by atoms with Gasteiger partial charge in [-0.05, 0) is 38.5 Å². The highest BCUT2D eigenvalue weighted by molar-refractivity contribution is 7.91. The van der Waals surface area contributed by atoms with Gasteiger partial charge >= 0.3 is 6.09 Å². The van der Waals surface area contributed by atoms with Crippen LogP contribution in [0.2, 0.25) is 0 Å². The summed E-state index contributed by atoms with van der Waals surface area (Å²) in [7, 11) is -3.49. The maximum absolute atomic E-state index is 11.8. The number of aliphatic hydroxyl groups excluding tert-OH is 1. The Hall–Kier alpha value is -1.60. The van der Waals surface area contributed by atoms with Gasteiger partial charge in [-0.3, -0.25) is 0 Å². The van der Waals surface area contributed by atoms with Gasteiger partial charge in [-0.25, -0.2) is 13.2 Å². The van der Waals surface area contributed by atoms with Gasteiger partial charge in [0.2, 0.25) is 0 Å². The molecule has 0 aliphatic rings. The summed E-state index contributed by atoms with van der Waals surface area (Å²) in [5.41, 5.74) is 0.0519. The van der Waals surface area contributed by atoms with E-state index in [1.54, 1.807) is 32.9 Å². The van der Waals surface area contributed by atoms with E-state index in [0.29, 0.717) is 5.56 Å². The van der Waals surface area contributed by atoms with Crippen LogP contribution < -0.4 is 5.32 Å². The summed E-state index contributed by atoms with van der Waals surface area (Å²) in [4.78, 5) is 11.7. The zero-order valence-electron chi connectivity index (χ0n) is 12.4. The van der Waals surface area contributed by atoms with Crippen molar-refractivity contribution in [3.63, 3.8) is 0 Å². The van der Waals surface area contributed by atoms with E-state index in [0.717, 1.165) is 0 Å². The van der Waals surface area contributed by atoms with E-state index in [-0.39, 0.29) is 17.2 Å². The monoisotopic (exact) mass is 315 g/mol. The molecule has 0 radical (unpaired) electrons. The summed E-state index contributed by atoms with van der Waals surface area (Å²) in [6, 6.07) is 6.23. The molecule has 0 atom stereocenters. The molecule has 1 rings (SSSR count). The largest absolute Gasteiger partial charge is 0.444 e. The molecule has 1 aromatic carbocycles. The first-order chi connectivity index (χ1) is 9.64. The van der Waals surface area contributed by atoms with Crippen molar-refractivity contribution in [2.24, 2.45) is 0 Å². The number of alkyl carbamates (subject to hydrolysis) is 1. The average Bonchev–Trinajstić information content (AvgIpc) is 2.35. The van der Waals surface area contributed by atoms with Crippen molar-refractivity contribution in [3.05, 3.63) is 29.8 Å². The fourth-order valence-corrected chi connectivity index (χ4v) is 2.67. The molecule has 0 aliphatic heterocycles. The van der Waals surface area contributed by atoms with Crippen molar-refractivity contribution < 1.29 is 23.1 Å². The minimum absolute atomic E-state index is 0.125. The van der Waals surface area contributed by atoms with Crippen LogP contribution in [-0.4, -0.2) is 37.6 Å². The number of ether oxygens (including phenoxy) is 1. The fraction of sp³-hybridized carbons (Fsp3) is 0.500. The number of rotatable bonds is 5. The topological polar surface area (TPSA) is 92.7 Å². The second-order valence-electron chi connectivity index (χ2n) is 5.55. The molecule has 0 aromatic heterocycles. The molecule has 118 valence electrons. The van der Waals surface area contributed by atoms with E-state index < -0.39 is 28.1 Å². The van der Waals surface area contributed by atoms with Gasteiger partial charge < -0.3 is 15.2 Å². The van der Waals surface area contributed by atoms with Gasteiger partial charge in [0.15, 0.2) is 9.84 Å². The minimum atomic E-state index is -3.49. The normalized spacial score (nSPS) is 12.0. The van der Waals surface area contributed by atoms with Crippen LogP contribution in [0.15, 0.2) is 29.2 Å². The Morgan fingerprint density at radius 2 is 2.00 bits per heavy atom. The van der Waals surface area contributed by atoms with Crippen molar-refractivity contribution >= 4 is 15.9 Å². The Morgan fingerprint density at radius 3 is 2.57 bits per heavy atom. The molecule has 0 bridgehead atoms. The van der Waals surface area contributed by atoms with E-state index in [1.807, 2.05) is 0 Å². The number of carbonyl (C=O) groups is 1. The van der Waals surface area contributed by atoms with Gasteiger partial charge in [0.05, 0.1) is 17.3 Å². The van der Waals surface area contributed by atoms with Crippen molar-refractivity contribution in [1.82, 2.24) is 5.32 Å². The molecular weight excluding hydrogens is 294 g/mol. The first-order valence-electron chi connectivity index (χ1n) is 6.53. The van der Waals surface area contributed by atoms with Crippen LogP contribution >= 0.6 is 0 Å². The third-order valence-corrected chi connectivity index (χ3v) is 4.15. The number of carbonyl (C=O) groups excluding carboxylic acids is 1. The predicted octanol–water partition coefficient (Wildman–Crippen LogP) is 1.48. The Labute approximate surface area is 125 Å². The lowest BCUT2D eigenvalue weighted by atomic mass is 10.2. The molecule has 0 saturated carbocycles. The highest BCUT2D eigenvalue weighted by atomic mass is 32.2. The number of aliphatic hydroxyl groups is 1. The molecule has 0 saturated heterocycles. The van der Waals surface area contributed by atoms with Gasteiger partial charge in [0.25, 0.3) is 0 Å². The molecule has 2 N–H and O–H groups in total. The van der Waals surface area contributed by atoms with Crippen LogP contribution in [0.25, 0.3) is 0 Å². The summed E-state index contributed by atoms with van der Waals surface area (Å²) in [5.74, 6) is -0.323. The lowest BCUT2D eigenvalue weighted by Gasteiger charge is -2.19. The molecule has 1 aromatic rings. The van der Waals surface area contributed by atoms with E-state index in [4.69, 9.17) is 9.84 Å². The minimum Gasteiger partial charge on any atom is -0.444 e. The lowest BCUT2D eigenvalue weighted by Crippen LogP contribution is -2.32. The number of sulfone groups is 1. The second kappa shape index (κ2) is 6.91. The SMILES string of the molecule is CC(C)(C)OC(=O)NCc1cccc(S(=O)(=O)CCO)c1. The number of nitrogens with one attached hydrogen (secondary N) is 1. The summed E-state index contributed by atoms with van der Waals surface area (Å²) in [6.07, 6.45) is -0.564. The van der Waals surface area contributed by atoms with Gasteiger partial charge in [0, 0.05) is 6.54 Å². The maximum atomic E-state index is 11.8. The zero-order valence-corrected chi connectivity index (χ0v) is 13.2. The molecule has 0 unspecified atom stereocenters. The number of benzene rings is 1. The summed E-state index contributed by atoms with van der Waals surface area (Å²) >= 11 is 0. The highest BCUT2D eigenvalue weighted by Gasteiger charge is 2.17. The van der Waals surface area contributed by atoms with Crippen LogP contribution in [0.5, 0.6) is 0 Å². The Bertz CT molecular complexity index is 590. The molecule has 0 fully saturated rings. The smallest absolute Gasteiger partial charge is 0.407 e. The van der Waals surface area contributed by atoms with E-state index in [1.165, 1.54) is 12.1 Å². The van der Waals surface area contributed by atoms with Gasteiger partial charge in [0.1, 0.15) is 5.60 Å². The van der Waals surface area contributed by atoms with Crippen LogP contribution in [0.3, 0.4) is 0 Å². The Kier molecular flexibility index (Phi) is 5.74. The predicted molar refractivity (Wildman–Crippen MR) is 78.7 cm³/mol. The van der Waals surface area contributed by atoms with Crippen molar-refractivity contribution in [2.45, 2.75) is 37.8 Å². The number of hydrogen-bond donors (Lipinski definition) is 2. The second-order valence-corrected chi connectivity index (χ2v) is 7.65. The summed E-state index contributed by atoms with van der Waals surface area (Å²) in [5, 5.41) is 11.3. The van der Waals surface area contributed by atoms with Crippen LogP contribution in [0.1, 0.15) is 26.3 Å². The van der Waals surface area contributed by atoms with Crippen LogP contribution in [-0.2, 0) is 21.1 Å². The van der Waals surface area contributed by atoms with Crippen molar-refractivity contribution in [2.75, 3.05) is 12.4 Å². The molecule has 0 aliphatic carbocycles. The van der Waals surface area contributed by atoms with E-state index in [9.17, 15) is 13.2 Å². The van der Waals surface area contributed by atoms with Crippen LogP contribution in [0, 0.1) is 0 Å². The Balaban J connectivity index is 2.72. The third-order valence-electron chi connectivity index (χ3n) is 2.45. The first-order valence-corrected chi connectivity index (χ1v) is 8.19. The van der Waals surface area contributed by atoms with E-state index in [2.05, 4.69) is 5.32 Å². The lowest BCUT2D eigenvalue weighted by molar-refractivity contribution is 0.0523. The van der Waals surface area contributed by atoms with Gasteiger partial charge in [-0.15, -0.1) is 0 Å². The third kappa shape index (κ3) is 6.14. The fourth-order valence-electron chi connectivity index (χ4n) is 1.58. The average molecular weight is 315 g/mol. The molecule has 1 amide bonds. The quantitative estimate of drug-likeness (QED) is 0.858. The molecule has 21 heavy (non-hydrogen) atoms. The number of amides is 1. The molecule has 6 nitrogen and oxygen atoms in total. The van der Waals surface area contributed by atoms with Crippen LogP contribution in [0.4, 0.5) is 4.79 Å². The maximum Gasteiger partial charge on any atom is 0.407 e.